The summed E-state index contributed by atoms with van der Waals surface area (Å²) in [6.07, 6.45) is 2.15. The van der Waals surface area contributed by atoms with Gasteiger partial charge in [0.05, 0.1) is 39.8 Å². The summed E-state index contributed by atoms with van der Waals surface area (Å²) in [5.74, 6) is 0.459. The van der Waals surface area contributed by atoms with Crippen LogP contribution in [-0.4, -0.2) is 39.1 Å². The third-order valence-electron chi connectivity index (χ3n) is 5.21. The van der Waals surface area contributed by atoms with Crippen molar-refractivity contribution >= 4 is 38.7 Å². The Morgan fingerprint density at radius 3 is 2.66 bits per heavy atom. The third kappa shape index (κ3) is 4.17. The normalized spacial score (nSPS) is 19.8. The third-order valence-corrected chi connectivity index (χ3v) is 6.91. The summed E-state index contributed by atoms with van der Waals surface area (Å²) in [6, 6.07) is 10.5. The van der Waals surface area contributed by atoms with Crippen LogP contribution in [0.3, 0.4) is 0 Å². The highest BCUT2D eigenvalue weighted by Crippen LogP contribution is 2.41. The van der Waals surface area contributed by atoms with Gasteiger partial charge in [-0.05, 0) is 43.0 Å². The SMILES string of the molecule is O=[N+]([O-])c1cc(S(=O)(=O)Nc2ccccc2Cl)ccc1N1CCOCC1C1CC1. The van der Waals surface area contributed by atoms with Crippen LogP contribution in [0.25, 0.3) is 0 Å². The molecule has 1 heterocycles. The molecule has 2 aromatic carbocycles. The number of morpholine rings is 1. The summed E-state index contributed by atoms with van der Waals surface area (Å²) >= 11 is 6.02. The van der Waals surface area contributed by atoms with Crippen LogP contribution in [-0.2, 0) is 14.8 Å². The number of nitro groups is 1. The van der Waals surface area contributed by atoms with E-state index in [9.17, 15) is 18.5 Å². The van der Waals surface area contributed by atoms with Crippen molar-refractivity contribution in [2.24, 2.45) is 5.92 Å². The predicted octanol–water partition coefficient (Wildman–Crippen LogP) is 3.66. The molecule has 0 spiro atoms. The summed E-state index contributed by atoms with van der Waals surface area (Å²) < 4.78 is 33.5. The Hall–Kier alpha value is -2.36. The van der Waals surface area contributed by atoms with Crippen molar-refractivity contribution in [1.82, 2.24) is 0 Å². The first-order valence-corrected chi connectivity index (χ1v) is 11.1. The molecule has 8 nitrogen and oxygen atoms in total. The molecule has 1 N–H and O–H groups in total. The minimum absolute atomic E-state index is 0.0751. The molecule has 1 aliphatic heterocycles. The van der Waals surface area contributed by atoms with Gasteiger partial charge in [0.15, 0.2) is 0 Å². The number of halogens is 1. The topological polar surface area (TPSA) is 102 Å². The number of rotatable bonds is 6. The van der Waals surface area contributed by atoms with Crippen LogP contribution in [0.4, 0.5) is 17.1 Å². The average molecular weight is 438 g/mol. The predicted molar refractivity (Wildman–Crippen MR) is 110 cm³/mol. The van der Waals surface area contributed by atoms with Crippen molar-refractivity contribution < 1.29 is 18.1 Å². The van der Waals surface area contributed by atoms with Crippen molar-refractivity contribution in [1.29, 1.82) is 0 Å². The zero-order valence-corrected chi connectivity index (χ0v) is 17.0. The Labute approximate surface area is 173 Å². The molecule has 1 unspecified atom stereocenters. The molecule has 154 valence electrons. The molecule has 0 amide bonds. The number of benzene rings is 2. The maximum absolute atomic E-state index is 12.8. The second-order valence-corrected chi connectivity index (χ2v) is 9.26. The fourth-order valence-corrected chi connectivity index (χ4v) is 4.94. The number of sulfonamides is 1. The molecule has 0 aromatic heterocycles. The summed E-state index contributed by atoms with van der Waals surface area (Å²) in [7, 11) is -4.04. The molecule has 4 rings (SSSR count). The lowest BCUT2D eigenvalue weighted by molar-refractivity contribution is -0.384. The van der Waals surface area contributed by atoms with Crippen LogP contribution < -0.4 is 9.62 Å². The van der Waals surface area contributed by atoms with Crippen LogP contribution >= 0.6 is 11.6 Å². The van der Waals surface area contributed by atoms with Gasteiger partial charge >= 0.3 is 0 Å². The summed E-state index contributed by atoms with van der Waals surface area (Å²) in [5, 5.41) is 12.0. The minimum atomic E-state index is -4.04. The molecule has 1 aliphatic carbocycles. The lowest BCUT2D eigenvalue weighted by Crippen LogP contribution is -2.47. The first-order valence-electron chi connectivity index (χ1n) is 9.27. The molecule has 29 heavy (non-hydrogen) atoms. The molecule has 1 saturated heterocycles. The number of hydrogen-bond acceptors (Lipinski definition) is 6. The fourth-order valence-electron chi connectivity index (χ4n) is 3.60. The van der Waals surface area contributed by atoms with E-state index >= 15 is 0 Å². The number of nitrogens with one attached hydrogen (secondary N) is 1. The Morgan fingerprint density at radius 2 is 1.97 bits per heavy atom. The number of hydrogen-bond donors (Lipinski definition) is 1. The fraction of sp³-hybridized carbons (Fsp3) is 0.368. The van der Waals surface area contributed by atoms with Crippen molar-refractivity contribution in [3.63, 3.8) is 0 Å². The van der Waals surface area contributed by atoms with Gasteiger partial charge in [0.1, 0.15) is 5.69 Å². The Kier molecular flexibility index (Phi) is 5.37. The number of nitrogens with zero attached hydrogens (tertiary/aromatic N) is 2. The number of anilines is 2. The van der Waals surface area contributed by atoms with E-state index in [-0.39, 0.29) is 27.3 Å². The number of ether oxygens (including phenoxy) is 1. The van der Waals surface area contributed by atoms with Gasteiger partial charge in [-0.2, -0.15) is 0 Å². The molecular formula is C19H20ClN3O5S. The average Bonchev–Trinajstić information content (AvgIpc) is 3.54. The van der Waals surface area contributed by atoms with Gasteiger partial charge in [-0.25, -0.2) is 8.42 Å². The number of nitro benzene ring substituents is 1. The molecular weight excluding hydrogens is 418 g/mol. The zero-order valence-electron chi connectivity index (χ0n) is 15.5. The lowest BCUT2D eigenvalue weighted by atomic mass is 10.1. The van der Waals surface area contributed by atoms with Crippen LogP contribution in [0.15, 0.2) is 47.4 Å². The molecule has 1 saturated carbocycles. The largest absolute Gasteiger partial charge is 0.377 e. The van der Waals surface area contributed by atoms with E-state index in [2.05, 4.69) is 4.72 Å². The van der Waals surface area contributed by atoms with E-state index in [1.54, 1.807) is 18.2 Å². The smallest absolute Gasteiger partial charge is 0.293 e. The second kappa shape index (κ2) is 7.81. The highest BCUT2D eigenvalue weighted by Gasteiger charge is 2.39. The van der Waals surface area contributed by atoms with Crippen LogP contribution in [0, 0.1) is 16.0 Å². The Bertz CT molecular complexity index is 1040. The second-order valence-electron chi connectivity index (χ2n) is 7.17. The maximum atomic E-state index is 12.8. The molecule has 2 aliphatic rings. The molecule has 0 bridgehead atoms. The van der Waals surface area contributed by atoms with Crippen molar-refractivity contribution in [2.75, 3.05) is 29.4 Å². The van der Waals surface area contributed by atoms with E-state index in [4.69, 9.17) is 16.3 Å². The van der Waals surface area contributed by atoms with E-state index in [1.807, 2.05) is 4.90 Å². The first-order chi connectivity index (χ1) is 13.9. The van der Waals surface area contributed by atoms with E-state index < -0.39 is 14.9 Å². The van der Waals surface area contributed by atoms with E-state index in [0.29, 0.717) is 31.4 Å². The van der Waals surface area contributed by atoms with Crippen molar-refractivity contribution in [3.8, 4) is 0 Å². The van der Waals surface area contributed by atoms with E-state index in [1.165, 1.54) is 18.2 Å². The molecule has 0 radical (unpaired) electrons. The van der Waals surface area contributed by atoms with Crippen molar-refractivity contribution in [2.45, 2.75) is 23.8 Å². The van der Waals surface area contributed by atoms with Gasteiger partial charge in [-0.15, -0.1) is 0 Å². The summed E-state index contributed by atoms with van der Waals surface area (Å²) in [5.41, 5.74) is 0.398. The van der Waals surface area contributed by atoms with Gasteiger partial charge in [0, 0.05) is 12.6 Å². The van der Waals surface area contributed by atoms with Crippen LogP contribution in [0.2, 0.25) is 5.02 Å². The molecule has 2 fully saturated rings. The van der Waals surface area contributed by atoms with Gasteiger partial charge in [0.25, 0.3) is 15.7 Å². The standard InChI is InChI=1S/C19H20ClN3O5S/c20-15-3-1-2-4-16(15)21-29(26,27)14-7-8-17(18(11-14)23(24)25)22-9-10-28-12-19(22)13-5-6-13/h1-4,7-8,11,13,19,21H,5-6,9-10,12H2. The maximum Gasteiger partial charge on any atom is 0.293 e. The minimum Gasteiger partial charge on any atom is -0.377 e. The van der Waals surface area contributed by atoms with Gasteiger partial charge < -0.3 is 9.64 Å². The van der Waals surface area contributed by atoms with Crippen molar-refractivity contribution in [3.05, 3.63) is 57.6 Å². The monoisotopic (exact) mass is 437 g/mol. The summed E-state index contributed by atoms with van der Waals surface area (Å²) in [6.45, 7) is 1.54. The highest BCUT2D eigenvalue weighted by atomic mass is 35.5. The number of para-hydroxylation sites is 1. The molecule has 2 aromatic rings. The van der Waals surface area contributed by atoms with Gasteiger partial charge in [-0.1, -0.05) is 23.7 Å². The Morgan fingerprint density at radius 1 is 1.21 bits per heavy atom. The zero-order chi connectivity index (χ0) is 20.6. The molecule has 10 heteroatoms. The quantitative estimate of drug-likeness (QED) is 0.546. The lowest BCUT2D eigenvalue weighted by Gasteiger charge is -2.37. The van der Waals surface area contributed by atoms with Gasteiger partial charge in [0.2, 0.25) is 0 Å². The van der Waals surface area contributed by atoms with E-state index in [0.717, 1.165) is 18.9 Å². The Balaban J connectivity index is 1.68. The van der Waals surface area contributed by atoms with Crippen LogP contribution in [0.5, 0.6) is 0 Å². The summed E-state index contributed by atoms with van der Waals surface area (Å²) in [4.78, 5) is 13.0. The van der Waals surface area contributed by atoms with Gasteiger partial charge in [-0.3, -0.25) is 14.8 Å². The highest BCUT2D eigenvalue weighted by molar-refractivity contribution is 7.92. The van der Waals surface area contributed by atoms with Crippen LogP contribution in [0.1, 0.15) is 12.8 Å². The molecule has 1 atom stereocenters. The first kappa shape index (κ1) is 19.9.